The van der Waals surface area contributed by atoms with Crippen LogP contribution in [0.4, 0.5) is 8.78 Å². The van der Waals surface area contributed by atoms with Gasteiger partial charge in [0.05, 0.1) is 13.5 Å². The van der Waals surface area contributed by atoms with E-state index in [1.807, 2.05) is 0 Å². The molecule has 5 heteroatoms. The summed E-state index contributed by atoms with van der Waals surface area (Å²) >= 11 is 0. The molecule has 0 saturated carbocycles. The Morgan fingerprint density at radius 3 is 2.25 bits per heavy atom. The van der Waals surface area contributed by atoms with Crippen LogP contribution < -0.4 is 5.73 Å². The van der Waals surface area contributed by atoms with Crippen molar-refractivity contribution in [2.24, 2.45) is 5.73 Å². The topological polar surface area (TPSA) is 52.3 Å². The zero-order valence-corrected chi connectivity index (χ0v) is 8.82. The number of ether oxygens (including phenoxy) is 1. The maximum absolute atomic E-state index is 12.3. The third kappa shape index (κ3) is 3.27. The van der Waals surface area contributed by atoms with Crippen molar-refractivity contribution in [3.05, 3.63) is 35.4 Å². The Labute approximate surface area is 92.2 Å². The van der Waals surface area contributed by atoms with E-state index in [9.17, 15) is 13.6 Å². The molecule has 0 aliphatic carbocycles. The normalized spacial score (nSPS) is 12.6. The molecule has 88 valence electrons. The number of esters is 1. The lowest BCUT2D eigenvalue weighted by atomic mass is 10.0. The summed E-state index contributed by atoms with van der Waals surface area (Å²) in [7, 11) is 1.27. The molecule has 0 aromatic heterocycles. The van der Waals surface area contributed by atoms with Crippen LogP contribution in [0, 0.1) is 0 Å². The molecule has 1 rings (SSSR count). The summed E-state index contributed by atoms with van der Waals surface area (Å²) in [6, 6.07) is 5.07. The molecule has 16 heavy (non-hydrogen) atoms. The van der Waals surface area contributed by atoms with Crippen LogP contribution in [0.15, 0.2) is 24.3 Å². The number of nitrogens with two attached hydrogens (primary N) is 1. The standard InChI is InChI=1S/C11H13F2NO2/c1-16-10(15)6-9(14)7-2-4-8(5-3-7)11(12)13/h2-5,9,11H,6,14H2,1H3/t9-/m0/s1. The highest BCUT2D eigenvalue weighted by atomic mass is 19.3. The van der Waals surface area contributed by atoms with E-state index in [0.29, 0.717) is 5.56 Å². The van der Waals surface area contributed by atoms with Gasteiger partial charge in [0.2, 0.25) is 0 Å². The first-order valence-electron chi connectivity index (χ1n) is 4.75. The molecule has 0 spiro atoms. The molecule has 2 N–H and O–H groups in total. The quantitative estimate of drug-likeness (QED) is 0.805. The first kappa shape index (κ1) is 12.6. The van der Waals surface area contributed by atoms with Crippen molar-refractivity contribution in [1.82, 2.24) is 0 Å². The number of alkyl halides is 2. The molecule has 0 fully saturated rings. The van der Waals surface area contributed by atoms with Crippen LogP contribution in [-0.4, -0.2) is 13.1 Å². The van der Waals surface area contributed by atoms with Crippen LogP contribution in [0.2, 0.25) is 0 Å². The lowest BCUT2D eigenvalue weighted by Crippen LogP contribution is -2.16. The maximum atomic E-state index is 12.3. The highest BCUT2D eigenvalue weighted by molar-refractivity contribution is 5.70. The number of methoxy groups -OCH3 is 1. The Hall–Kier alpha value is -1.49. The summed E-state index contributed by atoms with van der Waals surface area (Å²) in [6.07, 6.45) is -2.46. The van der Waals surface area contributed by atoms with E-state index in [4.69, 9.17) is 5.73 Å². The van der Waals surface area contributed by atoms with Gasteiger partial charge in [0, 0.05) is 11.6 Å². The Morgan fingerprint density at radius 2 is 1.81 bits per heavy atom. The zero-order chi connectivity index (χ0) is 12.1. The second-order valence-corrected chi connectivity index (χ2v) is 3.35. The minimum atomic E-state index is -2.49. The van der Waals surface area contributed by atoms with Crippen molar-refractivity contribution in [1.29, 1.82) is 0 Å². The molecule has 0 unspecified atom stereocenters. The summed E-state index contributed by atoms with van der Waals surface area (Å²) < 4.78 is 29.0. The van der Waals surface area contributed by atoms with Crippen molar-refractivity contribution >= 4 is 5.97 Å². The molecule has 0 aliphatic rings. The molecule has 1 aromatic carbocycles. The number of carbonyl (C=O) groups is 1. The zero-order valence-electron chi connectivity index (χ0n) is 8.82. The number of halogens is 2. The van der Waals surface area contributed by atoms with Crippen molar-refractivity contribution in [3.8, 4) is 0 Å². The van der Waals surface area contributed by atoms with Crippen LogP contribution >= 0.6 is 0 Å². The van der Waals surface area contributed by atoms with E-state index >= 15 is 0 Å². The van der Waals surface area contributed by atoms with Gasteiger partial charge in [-0.25, -0.2) is 8.78 Å². The highest BCUT2D eigenvalue weighted by Gasteiger charge is 2.13. The first-order valence-corrected chi connectivity index (χ1v) is 4.75. The lowest BCUT2D eigenvalue weighted by molar-refractivity contribution is -0.141. The number of benzene rings is 1. The predicted octanol–water partition coefficient (Wildman–Crippen LogP) is 2.19. The van der Waals surface area contributed by atoms with Gasteiger partial charge in [0.1, 0.15) is 0 Å². The second-order valence-electron chi connectivity index (χ2n) is 3.35. The minimum Gasteiger partial charge on any atom is -0.469 e. The van der Waals surface area contributed by atoms with Gasteiger partial charge >= 0.3 is 5.97 Å². The number of rotatable bonds is 4. The molecule has 1 atom stereocenters. The fourth-order valence-electron chi connectivity index (χ4n) is 1.27. The number of carbonyl (C=O) groups excluding carboxylic acids is 1. The van der Waals surface area contributed by atoms with Crippen molar-refractivity contribution in [2.45, 2.75) is 18.9 Å². The molecule has 0 heterocycles. The summed E-state index contributed by atoms with van der Waals surface area (Å²) in [5, 5.41) is 0. The third-order valence-electron chi connectivity index (χ3n) is 2.23. The minimum absolute atomic E-state index is 0.0323. The van der Waals surface area contributed by atoms with E-state index < -0.39 is 18.4 Å². The van der Waals surface area contributed by atoms with Gasteiger partial charge in [-0.2, -0.15) is 0 Å². The van der Waals surface area contributed by atoms with Crippen molar-refractivity contribution in [2.75, 3.05) is 7.11 Å². The van der Waals surface area contributed by atoms with Gasteiger partial charge in [-0.3, -0.25) is 4.79 Å². The maximum Gasteiger partial charge on any atom is 0.307 e. The molecule has 1 aromatic rings. The monoisotopic (exact) mass is 229 g/mol. The van der Waals surface area contributed by atoms with E-state index in [1.54, 1.807) is 0 Å². The van der Waals surface area contributed by atoms with Gasteiger partial charge in [-0.1, -0.05) is 24.3 Å². The molecular weight excluding hydrogens is 216 g/mol. The first-order chi connectivity index (χ1) is 7.54. The van der Waals surface area contributed by atoms with Crippen LogP contribution in [-0.2, 0) is 9.53 Å². The Morgan fingerprint density at radius 1 is 1.31 bits per heavy atom. The van der Waals surface area contributed by atoms with Gasteiger partial charge in [-0.15, -0.1) is 0 Å². The Kier molecular flexibility index (Phi) is 4.37. The SMILES string of the molecule is COC(=O)C[C@H](N)c1ccc(C(F)F)cc1. The molecule has 0 aliphatic heterocycles. The molecular formula is C11H13F2NO2. The second kappa shape index (κ2) is 5.55. The van der Waals surface area contributed by atoms with Crippen molar-refractivity contribution in [3.63, 3.8) is 0 Å². The fourth-order valence-corrected chi connectivity index (χ4v) is 1.27. The van der Waals surface area contributed by atoms with E-state index in [-0.39, 0.29) is 12.0 Å². The van der Waals surface area contributed by atoms with E-state index in [2.05, 4.69) is 4.74 Å². The lowest BCUT2D eigenvalue weighted by Gasteiger charge is -2.11. The average molecular weight is 229 g/mol. The Balaban J connectivity index is 2.70. The molecule has 0 saturated heterocycles. The Bertz CT molecular complexity index is 352. The summed E-state index contributed by atoms with van der Waals surface area (Å²) in [6.45, 7) is 0. The average Bonchev–Trinajstić information content (AvgIpc) is 2.28. The van der Waals surface area contributed by atoms with E-state index in [0.717, 1.165) is 0 Å². The van der Waals surface area contributed by atoms with Gasteiger partial charge in [0.25, 0.3) is 6.43 Å². The van der Waals surface area contributed by atoms with Gasteiger partial charge < -0.3 is 10.5 Å². The predicted molar refractivity (Wildman–Crippen MR) is 55.0 cm³/mol. The van der Waals surface area contributed by atoms with Crippen molar-refractivity contribution < 1.29 is 18.3 Å². The van der Waals surface area contributed by atoms with Crippen LogP contribution in [0.5, 0.6) is 0 Å². The van der Waals surface area contributed by atoms with Gasteiger partial charge in [-0.05, 0) is 5.56 Å². The van der Waals surface area contributed by atoms with Crippen LogP contribution in [0.1, 0.15) is 30.0 Å². The van der Waals surface area contributed by atoms with E-state index in [1.165, 1.54) is 31.4 Å². The van der Waals surface area contributed by atoms with Gasteiger partial charge in [0.15, 0.2) is 0 Å². The fraction of sp³-hybridized carbons (Fsp3) is 0.364. The summed E-state index contributed by atoms with van der Waals surface area (Å²) in [4.78, 5) is 10.9. The van der Waals surface area contributed by atoms with Crippen LogP contribution in [0.25, 0.3) is 0 Å². The number of hydrogen-bond acceptors (Lipinski definition) is 3. The number of hydrogen-bond donors (Lipinski definition) is 1. The molecule has 0 amide bonds. The largest absolute Gasteiger partial charge is 0.469 e. The molecule has 3 nitrogen and oxygen atoms in total. The smallest absolute Gasteiger partial charge is 0.307 e. The highest BCUT2D eigenvalue weighted by Crippen LogP contribution is 2.21. The summed E-state index contributed by atoms with van der Waals surface area (Å²) in [5.41, 5.74) is 6.28. The third-order valence-corrected chi connectivity index (χ3v) is 2.23. The summed E-state index contributed by atoms with van der Waals surface area (Å²) in [5.74, 6) is -0.426. The molecule has 0 bridgehead atoms. The molecule has 0 radical (unpaired) electrons. The van der Waals surface area contributed by atoms with Crippen LogP contribution in [0.3, 0.4) is 0 Å².